The van der Waals surface area contributed by atoms with E-state index in [1.54, 1.807) is 0 Å². The summed E-state index contributed by atoms with van der Waals surface area (Å²) in [7, 11) is 0. The van der Waals surface area contributed by atoms with Crippen molar-refractivity contribution >= 4 is 23.9 Å². The lowest BCUT2D eigenvalue weighted by Crippen LogP contribution is -2.61. The Morgan fingerprint density at radius 3 is 1.29 bits per heavy atom. The van der Waals surface area contributed by atoms with E-state index in [4.69, 9.17) is 23.7 Å². The number of carboxylic acids is 1. The molecule has 0 amide bonds. The molecule has 1 aliphatic rings. The van der Waals surface area contributed by atoms with Crippen molar-refractivity contribution in [2.24, 2.45) is 0 Å². The number of carbonyl (C=O) groups excluding carboxylic acids is 3. The number of rotatable bonds is 52. The zero-order chi connectivity index (χ0) is 56.1. The first-order valence-electron chi connectivity index (χ1n) is 30.9. The van der Waals surface area contributed by atoms with Crippen LogP contribution in [-0.2, 0) is 42.9 Å². The number of unbranched alkanes of at least 4 members (excludes halogenated alkanes) is 26. The van der Waals surface area contributed by atoms with E-state index in [-0.39, 0.29) is 25.9 Å². The molecule has 0 spiro atoms. The van der Waals surface area contributed by atoms with Crippen LogP contribution in [0.15, 0.2) is 72.9 Å². The second-order valence-electron chi connectivity index (χ2n) is 20.9. The third kappa shape index (κ3) is 42.7. The van der Waals surface area contributed by atoms with Crippen molar-refractivity contribution in [1.29, 1.82) is 0 Å². The van der Waals surface area contributed by atoms with E-state index >= 15 is 0 Å². The normalized spacial score (nSPS) is 18.5. The highest BCUT2D eigenvalue weighted by molar-refractivity contribution is 5.74. The van der Waals surface area contributed by atoms with Gasteiger partial charge in [-0.2, -0.15) is 0 Å². The van der Waals surface area contributed by atoms with E-state index in [2.05, 4.69) is 93.7 Å². The Kier molecular flexibility index (Phi) is 48.8. The van der Waals surface area contributed by atoms with Crippen LogP contribution in [0.2, 0.25) is 0 Å². The Morgan fingerprint density at radius 1 is 0.442 bits per heavy atom. The van der Waals surface area contributed by atoms with Crippen molar-refractivity contribution < 1.29 is 58.2 Å². The first-order valence-corrected chi connectivity index (χ1v) is 30.9. The molecule has 1 saturated heterocycles. The van der Waals surface area contributed by atoms with Crippen molar-refractivity contribution in [2.45, 2.75) is 302 Å². The number of aliphatic carboxylic acids is 1. The Labute approximate surface area is 468 Å². The molecule has 0 aliphatic carbocycles. The minimum absolute atomic E-state index is 0.0454. The summed E-state index contributed by atoms with van der Waals surface area (Å²) in [6.07, 6.45) is 54.3. The summed E-state index contributed by atoms with van der Waals surface area (Å²) in [5.41, 5.74) is 0. The second kappa shape index (κ2) is 52.8. The minimum Gasteiger partial charge on any atom is -0.479 e. The smallest absolute Gasteiger partial charge is 0.335 e. The lowest BCUT2D eigenvalue weighted by Gasteiger charge is -2.40. The number of hydrogen-bond acceptors (Lipinski definition) is 11. The Hall–Kier alpha value is -3.84. The molecule has 0 aromatic carbocycles. The van der Waals surface area contributed by atoms with Crippen LogP contribution in [0, 0.1) is 0 Å². The van der Waals surface area contributed by atoms with Crippen LogP contribution in [0.5, 0.6) is 0 Å². The predicted octanol–water partition coefficient (Wildman–Crippen LogP) is 16.1. The summed E-state index contributed by atoms with van der Waals surface area (Å²) in [6.45, 7) is 5.84. The van der Waals surface area contributed by atoms with E-state index in [0.29, 0.717) is 19.3 Å². The van der Waals surface area contributed by atoms with Crippen LogP contribution in [-0.4, -0.2) is 89.2 Å². The van der Waals surface area contributed by atoms with Gasteiger partial charge in [-0.05, 0) is 109 Å². The highest BCUT2D eigenvalue weighted by atomic mass is 16.7. The second-order valence-corrected chi connectivity index (χ2v) is 20.9. The van der Waals surface area contributed by atoms with Crippen molar-refractivity contribution in [3.05, 3.63) is 72.9 Å². The van der Waals surface area contributed by atoms with Crippen LogP contribution in [0.3, 0.4) is 0 Å². The zero-order valence-electron chi connectivity index (χ0n) is 48.7. The maximum atomic E-state index is 13.2. The molecule has 12 nitrogen and oxygen atoms in total. The highest BCUT2D eigenvalue weighted by Crippen LogP contribution is 2.26. The highest BCUT2D eigenvalue weighted by Gasteiger charge is 2.50. The van der Waals surface area contributed by atoms with Gasteiger partial charge in [0.25, 0.3) is 0 Å². The molecule has 442 valence electrons. The summed E-state index contributed by atoms with van der Waals surface area (Å²) in [4.78, 5) is 51.2. The van der Waals surface area contributed by atoms with E-state index in [0.717, 1.165) is 148 Å². The van der Waals surface area contributed by atoms with Crippen molar-refractivity contribution in [3.63, 3.8) is 0 Å². The fraction of sp³-hybridized carbons (Fsp3) is 0.754. The van der Waals surface area contributed by atoms with Gasteiger partial charge in [0.1, 0.15) is 18.8 Å². The van der Waals surface area contributed by atoms with Gasteiger partial charge in [-0.25, -0.2) is 4.79 Å². The summed E-state index contributed by atoms with van der Waals surface area (Å²) in [6, 6.07) is 0. The standard InChI is InChI=1S/C65H110O12/c1-4-7-10-13-16-19-22-25-28-29-32-35-38-41-44-47-50-53-59(68)76-63-61(70)60(69)62(64(71)72)77-65(63)74-55-56(75-58(67)52-49-46-43-40-37-34-31-27-24-21-18-15-12-9-6-3)54-73-57(66)51-48-45-42-39-36-33-30-26-23-20-17-14-11-8-5-2/h7,10,16-17,19-20,25-28,30-31,56,60-63,65,69-70H,4-6,8-9,11-15,18,21-24,29,32-55H2,1-3H3,(H,71,72)/b10-7-,19-16-,20-17-,28-25-,30-26-,31-27-. The lowest BCUT2D eigenvalue weighted by molar-refractivity contribution is -0.301. The topological polar surface area (TPSA) is 175 Å². The molecule has 1 fully saturated rings. The van der Waals surface area contributed by atoms with Gasteiger partial charge >= 0.3 is 23.9 Å². The van der Waals surface area contributed by atoms with Gasteiger partial charge in [-0.3, -0.25) is 14.4 Å². The third-order valence-corrected chi connectivity index (χ3v) is 13.7. The Bertz CT molecular complexity index is 1620. The third-order valence-electron chi connectivity index (χ3n) is 13.7. The van der Waals surface area contributed by atoms with Crippen molar-refractivity contribution in [3.8, 4) is 0 Å². The van der Waals surface area contributed by atoms with Gasteiger partial charge < -0.3 is 39.0 Å². The number of aliphatic hydroxyl groups excluding tert-OH is 2. The number of allylic oxidation sites excluding steroid dienone is 12. The zero-order valence-corrected chi connectivity index (χ0v) is 48.7. The fourth-order valence-corrected chi connectivity index (χ4v) is 9.00. The average molecular weight is 1080 g/mol. The van der Waals surface area contributed by atoms with Crippen LogP contribution in [0.25, 0.3) is 0 Å². The number of hydrogen-bond donors (Lipinski definition) is 3. The van der Waals surface area contributed by atoms with Crippen LogP contribution in [0.4, 0.5) is 0 Å². The maximum absolute atomic E-state index is 13.2. The van der Waals surface area contributed by atoms with E-state index in [1.807, 2.05) is 0 Å². The average Bonchev–Trinajstić information content (AvgIpc) is 3.43. The van der Waals surface area contributed by atoms with Gasteiger partial charge in [0.15, 0.2) is 24.6 Å². The summed E-state index contributed by atoms with van der Waals surface area (Å²) in [5, 5.41) is 31.5. The number of carboxylic acid groups (broad SMARTS) is 1. The molecule has 3 N–H and O–H groups in total. The molecule has 1 rings (SSSR count). The summed E-state index contributed by atoms with van der Waals surface area (Å²) in [5.74, 6) is -3.15. The number of esters is 3. The van der Waals surface area contributed by atoms with Gasteiger partial charge in [0.05, 0.1) is 6.61 Å². The van der Waals surface area contributed by atoms with Gasteiger partial charge in [-0.15, -0.1) is 0 Å². The summed E-state index contributed by atoms with van der Waals surface area (Å²) < 4.78 is 28.5. The fourth-order valence-electron chi connectivity index (χ4n) is 9.00. The lowest BCUT2D eigenvalue weighted by atomic mass is 9.98. The predicted molar refractivity (Wildman–Crippen MR) is 312 cm³/mol. The van der Waals surface area contributed by atoms with Crippen molar-refractivity contribution in [1.82, 2.24) is 0 Å². The van der Waals surface area contributed by atoms with Crippen LogP contribution >= 0.6 is 0 Å². The molecular weight excluding hydrogens is 973 g/mol. The molecule has 0 radical (unpaired) electrons. The van der Waals surface area contributed by atoms with E-state index in [9.17, 15) is 34.5 Å². The van der Waals surface area contributed by atoms with E-state index in [1.165, 1.54) is 57.8 Å². The number of carbonyl (C=O) groups is 4. The molecule has 77 heavy (non-hydrogen) atoms. The van der Waals surface area contributed by atoms with Gasteiger partial charge in [-0.1, -0.05) is 209 Å². The monoisotopic (exact) mass is 1080 g/mol. The first kappa shape index (κ1) is 71.2. The molecule has 0 aromatic heterocycles. The Morgan fingerprint density at radius 2 is 0.818 bits per heavy atom. The largest absolute Gasteiger partial charge is 0.479 e. The number of aliphatic hydroxyl groups is 2. The summed E-state index contributed by atoms with van der Waals surface area (Å²) >= 11 is 0. The molecule has 1 heterocycles. The van der Waals surface area contributed by atoms with E-state index < -0.39 is 67.3 Å². The first-order chi connectivity index (χ1) is 37.6. The Balaban J connectivity index is 2.70. The van der Waals surface area contributed by atoms with Gasteiger partial charge in [0.2, 0.25) is 0 Å². The molecule has 0 aromatic rings. The molecule has 12 heteroatoms. The van der Waals surface area contributed by atoms with Gasteiger partial charge in [0, 0.05) is 19.3 Å². The van der Waals surface area contributed by atoms with Crippen LogP contribution in [0.1, 0.15) is 265 Å². The quantitative estimate of drug-likeness (QED) is 0.0228. The maximum Gasteiger partial charge on any atom is 0.335 e. The minimum atomic E-state index is -1.91. The molecule has 0 saturated carbocycles. The molecule has 0 bridgehead atoms. The number of ether oxygens (including phenoxy) is 5. The molecule has 6 atom stereocenters. The SMILES string of the molecule is CC/C=C\C/C=C\C/C=C\CCCCCCCCCC(=O)OC1C(OCC(COC(=O)CCCCCCC/C=C\C/C=C\CCCCC)OC(=O)CCCCCCC/C=C\CCCCCCCC)OC(C(=O)O)C(O)C1O. The molecule has 1 aliphatic heterocycles. The van der Waals surface area contributed by atoms with Crippen LogP contribution < -0.4 is 0 Å². The molecular formula is C65H110O12. The molecule has 6 unspecified atom stereocenters. The van der Waals surface area contributed by atoms with Crippen molar-refractivity contribution in [2.75, 3.05) is 13.2 Å².